The fraction of sp³-hybridized carbons (Fsp3) is 0.182. The van der Waals surface area contributed by atoms with Crippen LogP contribution in [0.3, 0.4) is 0 Å². The first-order chi connectivity index (χ1) is 13.0. The van der Waals surface area contributed by atoms with Crippen LogP contribution in [0.15, 0.2) is 65.1 Å². The zero-order chi connectivity index (χ0) is 19.0. The number of carbonyl (C=O) groups is 1. The van der Waals surface area contributed by atoms with Gasteiger partial charge in [0.1, 0.15) is 12.0 Å². The summed E-state index contributed by atoms with van der Waals surface area (Å²) in [6.45, 7) is 4.59. The predicted molar refractivity (Wildman–Crippen MR) is 111 cm³/mol. The van der Waals surface area contributed by atoms with Crippen LogP contribution in [0.2, 0.25) is 0 Å². The number of anilines is 1. The molecular weight excluding hydrogens is 402 g/mol. The largest absolute Gasteiger partial charge is 0.328 e. The van der Waals surface area contributed by atoms with Crippen LogP contribution in [0, 0.1) is 13.8 Å². The lowest BCUT2D eigenvalue weighted by molar-refractivity contribution is 0.0924. The third-order valence-corrected chi connectivity index (χ3v) is 5.31. The monoisotopic (exact) mass is 421 g/mol. The molecule has 2 heterocycles. The van der Waals surface area contributed by atoms with Gasteiger partial charge in [0.25, 0.3) is 5.91 Å². The van der Waals surface area contributed by atoms with Gasteiger partial charge in [0.15, 0.2) is 0 Å². The number of hydrogen-bond donors (Lipinski definition) is 1. The van der Waals surface area contributed by atoms with Gasteiger partial charge in [0.2, 0.25) is 0 Å². The van der Waals surface area contributed by atoms with Crippen LogP contribution in [-0.4, -0.2) is 10.9 Å². The molecule has 0 bridgehead atoms. The van der Waals surface area contributed by atoms with E-state index in [9.17, 15) is 4.79 Å². The van der Waals surface area contributed by atoms with Crippen LogP contribution in [-0.2, 0) is 6.54 Å². The minimum Gasteiger partial charge on any atom is -0.328 e. The Balaban J connectivity index is 1.85. The van der Waals surface area contributed by atoms with Crippen LogP contribution >= 0.6 is 15.9 Å². The van der Waals surface area contributed by atoms with Crippen molar-refractivity contribution in [1.82, 2.24) is 10.3 Å². The number of hydrogen-bond acceptors (Lipinski definition) is 3. The Labute approximate surface area is 167 Å². The van der Waals surface area contributed by atoms with E-state index in [2.05, 4.69) is 38.3 Å². The molecule has 1 aromatic heterocycles. The summed E-state index contributed by atoms with van der Waals surface area (Å²) in [6.07, 6.45) is -0.271. The Morgan fingerprint density at radius 3 is 2.48 bits per heavy atom. The molecule has 27 heavy (non-hydrogen) atoms. The Kier molecular flexibility index (Phi) is 4.70. The lowest BCUT2D eigenvalue weighted by Crippen LogP contribution is -2.47. The van der Waals surface area contributed by atoms with Gasteiger partial charge in [0.05, 0.1) is 5.56 Å². The second kappa shape index (κ2) is 7.16. The second-order valence-electron chi connectivity index (χ2n) is 6.82. The summed E-state index contributed by atoms with van der Waals surface area (Å²) in [7, 11) is 0. The first-order valence-electron chi connectivity index (χ1n) is 8.88. The standard InChI is InChI=1S/C22H20BrN3O/c1-14-12-15(2)24-21-19(14)22(27)25-20(17-8-10-18(23)11-9-17)26(21)13-16-6-4-3-5-7-16/h3-12,20H,13H2,1-2H3,(H,25,27)/t20-/m0/s1. The zero-order valence-electron chi connectivity index (χ0n) is 15.2. The molecular formula is C22H20BrN3O. The van der Waals surface area contributed by atoms with Crippen LogP contribution in [0.1, 0.15) is 38.9 Å². The van der Waals surface area contributed by atoms with Crippen LogP contribution < -0.4 is 10.2 Å². The van der Waals surface area contributed by atoms with E-state index in [0.29, 0.717) is 12.1 Å². The third-order valence-electron chi connectivity index (χ3n) is 4.79. The summed E-state index contributed by atoms with van der Waals surface area (Å²) in [4.78, 5) is 19.8. The summed E-state index contributed by atoms with van der Waals surface area (Å²) in [5.74, 6) is 0.667. The van der Waals surface area contributed by atoms with E-state index < -0.39 is 0 Å². The number of carbonyl (C=O) groups excluding carboxylic acids is 1. The van der Waals surface area contributed by atoms with E-state index in [1.54, 1.807) is 0 Å². The van der Waals surface area contributed by atoms with Gasteiger partial charge >= 0.3 is 0 Å². The molecule has 1 atom stereocenters. The number of aryl methyl sites for hydroxylation is 2. The molecule has 0 aliphatic carbocycles. The molecule has 4 rings (SSSR count). The maximum absolute atomic E-state index is 12.9. The van der Waals surface area contributed by atoms with Crippen molar-refractivity contribution in [2.45, 2.75) is 26.6 Å². The Bertz CT molecular complexity index is 986. The van der Waals surface area contributed by atoms with Crippen molar-refractivity contribution in [1.29, 1.82) is 0 Å². The zero-order valence-corrected chi connectivity index (χ0v) is 16.8. The average Bonchev–Trinajstić information content (AvgIpc) is 2.65. The molecule has 0 fully saturated rings. The maximum Gasteiger partial charge on any atom is 0.257 e. The van der Waals surface area contributed by atoms with E-state index in [4.69, 9.17) is 4.98 Å². The van der Waals surface area contributed by atoms with E-state index in [1.807, 2.05) is 62.4 Å². The summed E-state index contributed by atoms with van der Waals surface area (Å²) in [6, 6.07) is 20.3. The smallest absolute Gasteiger partial charge is 0.257 e. The number of nitrogens with zero attached hydrogens (tertiary/aromatic N) is 2. The lowest BCUT2D eigenvalue weighted by atomic mass is 10.0. The highest BCUT2D eigenvalue weighted by atomic mass is 79.9. The molecule has 0 unspecified atom stereocenters. The maximum atomic E-state index is 12.9. The highest BCUT2D eigenvalue weighted by Gasteiger charge is 2.34. The summed E-state index contributed by atoms with van der Waals surface area (Å²) in [5, 5.41) is 3.17. The van der Waals surface area contributed by atoms with Crippen molar-refractivity contribution >= 4 is 27.7 Å². The van der Waals surface area contributed by atoms with Gasteiger partial charge in [-0.3, -0.25) is 4.79 Å². The molecule has 1 aliphatic rings. The first-order valence-corrected chi connectivity index (χ1v) is 9.67. The highest BCUT2D eigenvalue weighted by molar-refractivity contribution is 9.10. The molecule has 0 spiro atoms. The molecule has 4 nitrogen and oxygen atoms in total. The number of amides is 1. The lowest BCUT2D eigenvalue weighted by Gasteiger charge is -2.39. The van der Waals surface area contributed by atoms with Gasteiger partial charge in [-0.1, -0.05) is 58.4 Å². The average molecular weight is 422 g/mol. The number of rotatable bonds is 3. The molecule has 5 heteroatoms. The molecule has 2 aromatic carbocycles. The number of fused-ring (bicyclic) bond motifs is 1. The number of aromatic nitrogens is 1. The Morgan fingerprint density at radius 2 is 1.78 bits per heavy atom. The van der Waals surface area contributed by atoms with Crippen molar-refractivity contribution in [2.24, 2.45) is 0 Å². The van der Waals surface area contributed by atoms with E-state index in [1.165, 1.54) is 5.56 Å². The predicted octanol–water partition coefficient (Wildman–Crippen LogP) is 4.91. The highest BCUT2D eigenvalue weighted by Crippen LogP contribution is 2.35. The van der Waals surface area contributed by atoms with E-state index in [-0.39, 0.29) is 12.1 Å². The number of halogens is 1. The number of pyridine rings is 1. The first kappa shape index (κ1) is 17.7. The van der Waals surface area contributed by atoms with Crippen molar-refractivity contribution in [2.75, 3.05) is 4.90 Å². The van der Waals surface area contributed by atoms with Crippen molar-refractivity contribution in [3.63, 3.8) is 0 Å². The molecule has 3 aromatic rings. The molecule has 1 amide bonds. The molecule has 0 saturated carbocycles. The molecule has 136 valence electrons. The van der Waals surface area contributed by atoms with Crippen LogP contribution in [0.5, 0.6) is 0 Å². The molecule has 0 saturated heterocycles. The molecule has 0 radical (unpaired) electrons. The normalized spacial score (nSPS) is 16.0. The molecule has 1 N–H and O–H groups in total. The van der Waals surface area contributed by atoms with Gasteiger partial charge in [-0.25, -0.2) is 4.98 Å². The summed E-state index contributed by atoms with van der Waals surface area (Å²) < 4.78 is 1.01. The van der Waals surface area contributed by atoms with Gasteiger partial charge in [0, 0.05) is 16.7 Å². The van der Waals surface area contributed by atoms with Crippen LogP contribution in [0.25, 0.3) is 0 Å². The third kappa shape index (κ3) is 3.47. The van der Waals surface area contributed by atoms with Crippen molar-refractivity contribution in [3.8, 4) is 0 Å². The van der Waals surface area contributed by atoms with Crippen LogP contribution in [0.4, 0.5) is 5.82 Å². The minimum atomic E-state index is -0.271. The Hall–Kier alpha value is -2.66. The topological polar surface area (TPSA) is 45.2 Å². The fourth-order valence-corrected chi connectivity index (χ4v) is 3.82. The quantitative estimate of drug-likeness (QED) is 0.653. The van der Waals surface area contributed by atoms with Crippen molar-refractivity contribution in [3.05, 3.63) is 93.1 Å². The summed E-state index contributed by atoms with van der Waals surface area (Å²) in [5.41, 5.74) is 4.71. The second-order valence-corrected chi connectivity index (χ2v) is 7.74. The molecule has 1 aliphatic heterocycles. The fourth-order valence-electron chi connectivity index (χ4n) is 3.56. The van der Waals surface area contributed by atoms with Gasteiger partial charge in [-0.2, -0.15) is 0 Å². The van der Waals surface area contributed by atoms with Gasteiger partial charge < -0.3 is 10.2 Å². The number of benzene rings is 2. The number of nitrogens with one attached hydrogen (secondary N) is 1. The van der Waals surface area contributed by atoms with Gasteiger partial charge in [-0.15, -0.1) is 0 Å². The van der Waals surface area contributed by atoms with Gasteiger partial charge in [-0.05, 0) is 48.7 Å². The van der Waals surface area contributed by atoms with E-state index in [0.717, 1.165) is 27.1 Å². The SMILES string of the molecule is Cc1cc(C)c2c(n1)N(Cc1ccccc1)[C@@H](c1ccc(Br)cc1)NC2=O. The van der Waals surface area contributed by atoms with Crippen molar-refractivity contribution < 1.29 is 4.79 Å². The minimum absolute atomic E-state index is 0.0766. The summed E-state index contributed by atoms with van der Waals surface area (Å²) >= 11 is 3.48. The van der Waals surface area contributed by atoms with E-state index >= 15 is 0 Å². The Morgan fingerprint density at radius 1 is 1.07 bits per heavy atom.